The Balaban J connectivity index is 1.57. The van der Waals surface area contributed by atoms with E-state index >= 15 is 0 Å². The van der Waals surface area contributed by atoms with Crippen LogP contribution < -0.4 is 5.32 Å². The van der Waals surface area contributed by atoms with Gasteiger partial charge in [-0.2, -0.15) is 0 Å². The van der Waals surface area contributed by atoms with E-state index in [1.165, 1.54) is 30.3 Å². The molecule has 1 N–H and O–H groups in total. The van der Waals surface area contributed by atoms with Crippen molar-refractivity contribution in [2.45, 2.75) is 6.54 Å². The second-order valence-corrected chi connectivity index (χ2v) is 6.96. The maximum Gasteiger partial charge on any atom is 0.261 e. The first-order valence-electron chi connectivity index (χ1n) is 8.74. The number of nitrogens with zero attached hydrogens (tertiary/aromatic N) is 1. The van der Waals surface area contributed by atoms with Crippen LogP contribution in [0.2, 0.25) is 5.02 Å². The Morgan fingerprint density at radius 1 is 0.931 bits per heavy atom. The molecule has 0 saturated carbocycles. The summed E-state index contributed by atoms with van der Waals surface area (Å²) in [6, 6.07) is 17.2. The van der Waals surface area contributed by atoms with Crippen molar-refractivity contribution < 1.29 is 18.8 Å². The summed E-state index contributed by atoms with van der Waals surface area (Å²) >= 11 is 5.71. The van der Waals surface area contributed by atoms with E-state index < -0.39 is 23.5 Å². The molecule has 0 aliphatic carbocycles. The third-order valence-electron chi connectivity index (χ3n) is 4.60. The Kier molecular flexibility index (Phi) is 4.86. The first-order chi connectivity index (χ1) is 13.9. The molecule has 0 saturated heterocycles. The summed E-state index contributed by atoms with van der Waals surface area (Å²) in [7, 11) is 0. The van der Waals surface area contributed by atoms with Gasteiger partial charge in [0.15, 0.2) is 0 Å². The number of carbonyl (C=O) groups excluding carboxylic acids is 3. The molecular formula is C22H14ClFN2O3. The number of benzene rings is 3. The van der Waals surface area contributed by atoms with Crippen LogP contribution in [0.5, 0.6) is 0 Å². The standard InChI is InChI=1S/C22H14ClFN2O3/c23-15-7-9-19(18(24)11-15)25-20(27)14-6-8-16-17(10-14)22(29)26(21(16)28)12-13-4-2-1-3-5-13/h1-11H,12H2,(H,25,27). The van der Waals surface area contributed by atoms with Crippen molar-refractivity contribution >= 4 is 35.0 Å². The number of hydrogen-bond donors (Lipinski definition) is 1. The third kappa shape index (κ3) is 3.62. The van der Waals surface area contributed by atoms with Crippen LogP contribution in [-0.2, 0) is 6.54 Å². The van der Waals surface area contributed by atoms with Crippen molar-refractivity contribution in [2.75, 3.05) is 5.32 Å². The summed E-state index contributed by atoms with van der Waals surface area (Å²) in [6.45, 7) is 0.144. The van der Waals surface area contributed by atoms with Gasteiger partial charge in [-0.3, -0.25) is 19.3 Å². The first kappa shape index (κ1) is 18.8. The van der Waals surface area contributed by atoms with Crippen molar-refractivity contribution in [3.05, 3.63) is 99.8 Å². The second-order valence-electron chi connectivity index (χ2n) is 6.52. The zero-order valence-electron chi connectivity index (χ0n) is 15.0. The molecular weight excluding hydrogens is 395 g/mol. The quantitative estimate of drug-likeness (QED) is 0.645. The molecule has 0 fully saturated rings. The number of imide groups is 1. The fourth-order valence-corrected chi connectivity index (χ4v) is 3.29. The van der Waals surface area contributed by atoms with Crippen LogP contribution >= 0.6 is 11.6 Å². The lowest BCUT2D eigenvalue weighted by Crippen LogP contribution is -2.29. The highest BCUT2D eigenvalue weighted by molar-refractivity contribution is 6.30. The number of nitrogens with one attached hydrogen (secondary N) is 1. The molecule has 0 aromatic heterocycles. The summed E-state index contributed by atoms with van der Waals surface area (Å²) in [4.78, 5) is 39.0. The molecule has 1 heterocycles. The monoisotopic (exact) mass is 408 g/mol. The SMILES string of the molecule is O=C(Nc1ccc(Cl)cc1F)c1ccc2c(c1)C(=O)N(Cc1ccccc1)C2=O. The van der Waals surface area contributed by atoms with Crippen LogP contribution in [0.4, 0.5) is 10.1 Å². The van der Waals surface area contributed by atoms with Gasteiger partial charge < -0.3 is 5.32 Å². The van der Waals surface area contributed by atoms with E-state index in [4.69, 9.17) is 11.6 Å². The topological polar surface area (TPSA) is 66.5 Å². The van der Waals surface area contributed by atoms with E-state index in [-0.39, 0.29) is 33.9 Å². The summed E-state index contributed by atoms with van der Waals surface area (Å²) in [5.74, 6) is -2.16. The van der Waals surface area contributed by atoms with Gasteiger partial charge in [0, 0.05) is 10.6 Å². The van der Waals surface area contributed by atoms with Gasteiger partial charge in [0.25, 0.3) is 17.7 Å². The summed E-state index contributed by atoms with van der Waals surface area (Å²) < 4.78 is 13.9. The van der Waals surface area contributed by atoms with E-state index in [1.54, 1.807) is 0 Å². The number of fused-ring (bicyclic) bond motifs is 1. The van der Waals surface area contributed by atoms with Gasteiger partial charge in [-0.25, -0.2) is 4.39 Å². The van der Waals surface area contributed by atoms with E-state index in [0.29, 0.717) is 0 Å². The Morgan fingerprint density at radius 3 is 2.38 bits per heavy atom. The van der Waals surface area contributed by atoms with Crippen LogP contribution in [-0.4, -0.2) is 22.6 Å². The van der Waals surface area contributed by atoms with Crippen molar-refractivity contribution in [3.8, 4) is 0 Å². The number of rotatable bonds is 4. The second kappa shape index (κ2) is 7.48. The molecule has 3 aromatic rings. The fraction of sp³-hybridized carbons (Fsp3) is 0.0455. The van der Waals surface area contributed by atoms with Crippen molar-refractivity contribution in [1.82, 2.24) is 4.90 Å². The Labute approximate surface area is 170 Å². The van der Waals surface area contributed by atoms with Crippen LogP contribution in [0.3, 0.4) is 0 Å². The van der Waals surface area contributed by atoms with Crippen LogP contribution in [0.15, 0.2) is 66.7 Å². The van der Waals surface area contributed by atoms with Crippen molar-refractivity contribution in [3.63, 3.8) is 0 Å². The first-order valence-corrected chi connectivity index (χ1v) is 9.12. The minimum Gasteiger partial charge on any atom is -0.319 e. The number of halogens is 2. The van der Waals surface area contributed by atoms with Gasteiger partial charge in [-0.05, 0) is 42.0 Å². The predicted molar refractivity (Wildman–Crippen MR) is 106 cm³/mol. The third-order valence-corrected chi connectivity index (χ3v) is 4.83. The van der Waals surface area contributed by atoms with Gasteiger partial charge in [-0.1, -0.05) is 41.9 Å². The molecule has 0 atom stereocenters. The average molecular weight is 409 g/mol. The van der Waals surface area contributed by atoms with E-state index in [1.807, 2.05) is 30.3 Å². The van der Waals surface area contributed by atoms with Gasteiger partial charge in [0.2, 0.25) is 0 Å². The maximum absolute atomic E-state index is 13.9. The molecule has 1 aliphatic rings. The average Bonchev–Trinajstić information content (AvgIpc) is 2.95. The zero-order valence-corrected chi connectivity index (χ0v) is 15.7. The summed E-state index contributed by atoms with van der Waals surface area (Å²) in [6.07, 6.45) is 0. The largest absolute Gasteiger partial charge is 0.319 e. The molecule has 0 unspecified atom stereocenters. The molecule has 1 aliphatic heterocycles. The number of anilines is 1. The van der Waals surface area contributed by atoms with E-state index in [2.05, 4.69) is 5.32 Å². The van der Waals surface area contributed by atoms with E-state index in [9.17, 15) is 18.8 Å². The van der Waals surface area contributed by atoms with Gasteiger partial charge >= 0.3 is 0 Å². The highest BCUT2D eigenvalue weighted by Gasteiger charge is 2.36. The Morgan fingerprint density at radius 2 is 1.66 bits per heavy atom. The molecule has 0 radical (unpaired) electrons. The number of hydrogen-bond acceptors (Lipinski definition) is 3. The lowest BCUT2D eigenvalue weighted by molar-refractivity contribution is 0.0642. The smallest absolute Gasteiger partial charge is 0.261 e. The number of carbonyl (C=O) groups is 3. The van der Waals surface area contributed by atoms with Crippen LogP contribution in [0.1, 0.15) is 36.6 Å². The molecule has 144 valence electrons. The summed E-state index contributed by atoms with van der Waals surface area (Å²) in [5, 5.41) is 2.65. The highest BCUT2D eigenvalue weighted by Crippen LogP contribution is 2.26. The highest BCUT2D eigenvalue weighted by atomic mass is 35.5. The fourth-order valence-electron chi connectivity index (χ4n) is 3.13. The van der Waals surface area contributed by atoms with Crippen molar-refractivity contribution in [2.24, 2.45) is 0 Å². The lowest BCUT2D eigenvalue weighted by atomic mass is 10.1. The minimum atomic E-state index is -0.674. The Bertz CT molecular complexity index is 1150. The number of amides is 3. The lowest BCUT2D eigenvalue weighted by Gasteiger charge is -2.13. The van der Waals surface area contributed by atoms with Gasteiger partial charge in [0.1, 0.15) is 5.82 Å². The molecule has 4 rings (SSSR count). The van der Waals surface area contributed by atoms with Crippen LogP contribution in [0.25, 0.3) is 0 Å². The van der Waals surface area contributed by atoms with Crippen LogP contribution in [0, 0.1) is 5.82 Å². The molecule has 7 heteroatoms. The van der Waals surface area contributed by atoms with Crippen molar-refractivity contribution in [1.29, 1.82) is 0 Å². The molecule has 3 aromatic carbocycles. The maximum atomic E-state index is 13.9. The van der Waals surface area contributed by atoms with E-state index in [0.717, 1.165) is 16.5 Å². The van der Waals surface area contributed by atoms with Gasteiger partial charge in [-0.15, -0.1) is 0 Å². The molecule has 5 nitrogen and oxygen atoms in total. The summed E-state index contributed by atoms with van der Waals surface area (Å²) in [5.41, 5.74) is 1.31. The normalized spacial score (nSPS) is 12.8. The molecule has 0 bridgehead atoms. The Hall–Kier alpha value is -3.51. The zero-order chi connectivity index (χ0) is 20.5. The molecule has 29 heavy (non-hydrogen) atoms. The minimum absolute atomic E-state index is 0.0343. The predicted octanol–water partition coefficient (Wildman–Crippen LogP) is 4.53. The molecule has 0 spiro atoms. The molecule has 3 amide bonds. The van der Waals surface area contributed by atoms with Gasteiger partial charge in [0.05, 0.1) is 23.4 Å².